The Morgan fingerprint density at radius 1 is 1.56 bits per heavy atom. The molecular formula is C10H12ClN3O2. The highest BCUT2D eigenvalue weighted by Crippen LogP contribution is 2.33. The Morgan fingerprint density at radius 2 is 2.31 bits per heavy atom. The van der Waals surface area contributed by atoms with Gasteiger partial charge in [-0.2, -0.15) is 0 Å². The Bertz CT molecular complexity index is 436. The maximum atomic E-state index is 10.9. The summed E-state index contributed by atoms with van der Waals surface area (Å²) in [7, 11) is 0. The van der Waals surface area contributed by atoms with E-state index in [4.69, 9.17) is 11.6 Å². The third-order valence-corrected chi connectivity index (χ3v) is 2.80. The first-order valence-electron chi connectivity index (χ1n) is 5.02. The van der Waals surface area contributed by atoms with E-state index >= 15 is 0 Å². The van der Waals surface area contributed by atoms with Gasteiger partial charge in [-0.1, -0.05) is 11.6 Å². The Morgan fingerprint density at radius 3 is 3.00 bits per heavy atom. The van der Waals surface area contributed by atoms with Crippen molar-refractivity contribution >= 4 is 23.0 Å². The van der Waals surface area contributed by atoms with Crippen LogP contribution < -0.4 is 10.6 Å². The summed E-state index contributed by atoms with van der Waals surface area (Å²) in [5, 5.41) is 17.6. The molecule has 0 amide bonds. The molecule has 1 aliphatic rings. The van der Waals surface area contributed by atoms with Gasteiger partial charge in [0.2, 0.25) is 0 Å². The Balaban J connectivity index is 2.49. The van der Waals surface area contributed by atoms with E-state index in [0.29, 0.717) is 23.8 Å². The molecule has 6 heteroatoms. The quantitative estimate of drug-likeness (QED) is 0.584. The number of nitrogens with one attached hydrogen (secondary N) is 2. The average Bonchev–Trinajstić information content (AvgIpc) is 2.40. The molecule has 0 aliphatic carbocycles. The molecule has 0 radical (unpaired) electrons. The molecule has 2 N–H and O–H groups in total. The molecule has 0 saturated carbocycles. The summed E-state index contributed by atoms with van der Waals surface area (Å²) >= 11 is 5.86. The molecule has 5 nitrogen and oxygen atoms in total. The Kier molecular flexibility index (Phi) is 2.98. The van der Waals surface area contributed by atoms with Crippen LogP contribution in [0, 0.1) is 10.1 Å². The minimum Gasteiger partial charge on any atom is -0.378 e. The highest BCUT2D eigenvalue weighted by molar-refractivity contribution is 6.31. The van der Waals surface area contributed by atoms with Crippen LogP contribution >= 0.6 is 11.6 Å². The first-order valence-corrected chi connectivity index (χ1v) is 5.40. The van der Waals surface area contributed by atoms with Gasteiger partial charge in [0.05, 0.1) is 4.92 Å². The molecule has 1 aliphatic heterocycles. The van der Waals surface area contributed by atoms with Crippen molar-refractivity contribution in [1.82, 2.24) is 5.32 Å². The molecule has 2 rings (SSSR count). The zero-order valence-corrected chi connectivity index (χ0v) is 9.54. The number of nitro groups is 1. The van der Waals surface area contributed by atoms with Gasteiger partial charge in [-0.05, 0) is 18.6 Å². The van der Waals surface area contributed by atoms with Gasteiger partial charge in [-0.25, -0.2) is 0 Å². The fraction of sp³-hybridized carbons (Fsp3) is 0.400. The van der Waals surface area contributed by atoms with Crippen molar-refractivity contribution in [2.24, 2.45) is 0 Å². The molecule has 86 valence electrons. The SMILES string of the molecule is C[C@@H]1CNc2c(cc(Cl)cc2[N+](=O)[O-])CN1. The standard InChI is InChI=1S/C10H12ClN3O2/c1-6-4-13-10-7(5-12-6)2-8(11)3-9(10)14(15)16/h2-3,6,12-13H,4-5H2,1H3/t6-/m1/s1. The lowest BCUT2D eigenvalue weighted by Crippen LogP contribution is -2.29. The monoisotopic (exact) mass is 241 g/mol. The normalized spacial score (nSPS) is 19.5. The first-order chi connectivity index (χ1) is 7.58. The molecule has 1 aromatic carbocycles. The summed E-state index contributed by atoms with van der Waals surface area (Å²) in [5.41, 5.74) is 1.45. The largest absolute Gasteiger partial charge is 0.378 e. The lowest BCUT2D eigenvalue weighted by atomic mass is 10.1. The zero-order valence-electron chi connectivity index (χ0n) is 8.79. The molecule has 0 aromatic heterocycles. The predicted molar refractivity (Wildman–Crippen MR) is 62.9 cm³/mol. The second-order valence-corrected chi connectivity index (χ2v) is 4.32. The first kappa shape index (κ1) is 11.2. The van der Waals surface area contributed by atoms with E-state index in [2.05, 4.69) is 10.6 Å². The van der Waals surface area contributed by atoms with Crippen LogP contribution in [0.4, 0.5) is 11.4 Å². The van der Waals surface area contributed by atoms with E-state index in [0.717, 1.165) is 5.56 Å². The second-order valence-electron chi connectivity index (χ2n) is 3.88. The number of nitro benzene ring substituents is 1. The van der Waals surface area contributed by atoms with E-state index in [1.54, 1.807) is 6.07 Å². The van der Waals surface area contributed by atoms with Crippen LogP contribution in [0.5, 0.6) is 0 Å². The van der Waals surface area contributed by atoms with E-state index in [9.17, 15) is 10.1 Å². The van der Waals surface area contributed by atoms with Crippen LogP contribution in [0.15, 0.2) is 12.1 Å². The molecule has 1 heterocycles. The van der Waals surface area contributed by atoms with Crippen molar-refractivity contribution in [2.75, 3.05) is 11.9 Å². The summed E-state index contributed by atoms with van der Waals surface area (Å²) in [6, 6.07) is 3.40. The Labute approximate surface area is 97.9 Å². The Hall–Kier alpha value is -1.33. The molecule has 0 fully saturated rings. The summed E-state index contributed by atoms with van der Waals surface area (Å²) < 4.78 is 0. The lowest BCUT2D eigenvalue weighted by Gasteiger charge is -2.08. The van der Waals surface area contributed by atoms with Crippen molar-refractivity contribution in [1.29, 1.82) is 0 Å². The van der Waals surface area contributed by atoms with Crippen LogP contribution in [0.2, 0.25) is 5.02 Å². The van der Waals surface area contributed by atoms with Crippen molar-refractivity contribution in [3.8, 4) is 0 Å². The third-order valence-electron chi connectivity index (χ3n) is 2.59. The predicted octanol–water partition coefficient (Wildman–Crippen LogP) is 2.15. The molecule has 0 spiro atoms. The lowest BCUT2D eigenvalue weighted by molar-refractivity contribution is -0.384. The minimum absolute atomic E-state index is 0.0402. The van der Waals surface area contributed by atoms with Crippen LogP contribution in [-0.4, -0.2) is 17.5 Å². The van der Waals surface area contributed by atoms with Crippen LogP contribution in [0.3, 0.4) is 0 Å². The second kappa shape index (κ2) is 4.27. The van der Waals surface area contributed by atoms with E-state index < -0.39 is 4.92 Å². The fourth-order valence-corrected chi connectivity index (χ4v) is 1.98. The number of fused-ring (bicyclic) bond motifs is 1. The van der Waals surface area contributed by atoms with Crippen LogP contribution in [0.25, 0.3) is 0 Å². The number of hydrogen-bond donors (Lipinski definition) is 2. The summed E-state index contributed by atoms with van der Waals surface area (Å²) in [6.45, 7) is 3.27. The summed E-state index contributed by atoms with van der Waals surface area (Å²) in [4.78, 5) is 10.5. The molecule has 1 aromatic rings. The number of hydrogen-bond acceptors (Lipinski definition) is 4. The van der Waals surface area contributed by atoms with E-state index in [1.165, 1.54) is 6.07 Å². The van der Waals surface area contributed by atoms with Crippen molar-refractivity contribution in [3.63, 3.8) is 0 Å². The van der Waals surface area contributed by atoms with Gasteiger partial charge in [-0.3, -0.25) is 10.1 Å². The minimum atomic E-state index is -0.409. The van der Waals surface area contributed by atoms with E-state index in [-0.39, 0.29) is 11.7 Å². The average molecular weight is 242 g/mol. The fourth-order valence-electron chi connectivity index (χ4n) is 1.75. The number of rotatable bonds is 1. The highest BCUT2D eigenvalue weighted by atomic mass is 35.5. The summed E-state index contributed by atoms with van der Waals surface area (Å²) in [5.74, 6) is 0. The van der Waals surface area contributed by atoms with Crippen molar-refractivity contribution < 1.29 is 4.92 Å². The topological polar surface area (TPSA) is 67.2 Å². The van der Waals surface area contributed by atoms with Crippen LogP contribution in [-0.2, 0) is 6.54 Å². The molecule has 0 saturated heterocycles. The maximum Gasteiger partial charge on any atom is 0.294 e. The van der Waals surface area contributed by atoms with Crippen molar-refractivity contribution in [2.45, 2.75) is 19.5 Å². The third kappa shape index (κ3) is 2.10. The number of anilines is 1. The van der Waals surface area contributed by atoms with Crippen molar-refractivity contribution in [3.05, 3.63) is 32.8 Å². The zero-order chi connectivity index (χ0) is 11.7. The van der Waals surface area contributed by atoms with Gasteiger partial charge >= 0.3 is 0 Å². The van der Waals surface area contributed by atoms with Gasteiger partial charge in [0.1, 0.15) is 5.69 Å². The van der Waals surface area contributed by atoms with Gasteiger partial charge < -0.3 is 10.6 Å². The smallest absolute Gasteiger partial charge is 0.294 e. The number of halogens is 1. The molecular weight excluding hydrogens is 230 g/mol. The highest BCUT2D eigenvalue weighted by Gasteiger charge is 2.22. The maximum absolute atomic E-state index is 10.9. The van der Waals surface area contributed by atoms with Gasteiger partial charge in [0.15, 0.2) is 0 Å². The molecule has 0 unspecified atom stereocenters. The molecule has 16 heavy (non-hydrogen) atoms. The molecule has 1 atom stereocenters. The van der Waals surface area contributed by atoms with Gasteiger partial charge in [0.25, 0.3) is 5.69 Å². The van der Waals surface area contributed by atoms with Gasteiger partial charge in [0, 0.05) is 30.2 Å². The number of benzene rings is 1. The van der Waals surface area contributed by atoms with Gasteiger partial charge in [-0.15, -0.1) is 0 Å². The van der Waals surface area contributed by atoms with E-state index in [1.807, 2.05) is 6.92 Å². The van der Waals surface area contributed by atoms with Crippen LogP contribution in [0.1, 0.15) is 12.5 Å². The number of nitrogens with zero attached hydrogens (tertiary/aromatic N) is 1. The molecule has 0 bridgehead atoms. The summed E-state index contributed by atoms with van der Waals surface area (Å²) in [6.07, 6.45) is 0.